The molecule has 3 rings (SSSR count). The minimum Gasteiger partial charge on any atom is -0.468 e. The molecule has 1 fully saturated rings. The highest BCUT2D eigenvalue weighted by atomic mass is 19.4. The van der Waals surface area contributed by atoms with Crippen LogP contribution in [0.25, 0.3) is 0 Å². The number of carbonyl (C=O) groups excluding carboxylic acids is 1. The van der Waals surface area contributed by atoms with E-state index in [1.807, 2.05) is 4.90 Å². The molecule has 198 valence electrons. The van der Waals surface area contributed by atoms with Crippen molar-refractivity contribution in [2.75, 3.05) is 52.2 Å². The van der Waals surface area contributed by atoms with Crippen LogP contribution >= 0.6 is 0 Å². The number of para-hydroxylation sites is 1. The third-order valence-corrected chi connectivity index (χ3v) is 5.97. The standard InChI is InChI=1S/C24H27F6N3O3/c1-35-22(34)13-32-6-8-33(9-7-32)21(19-4-2-3-5-20(19)31)15-36-14-16-10-17(23(25,26)27)12-18(11-16)24(28,29)30/h2-5,10-12,21H,6-9,13-15,31H2,1H3. The SMILES string of the molecule is COC(=O)CN1CCN(C(COCc2cc(C(F)(F)F)cc(C(F)(F)F)c2)c2ccccc2N)CC1. The van der Waals surface area contributed by atoms with Crippen LogP contribution in [0.5, 0.6) is 0 Å². The smallest absolute Gasteiger partial charge is 0.416 e. The molecule has 1 atom stereocenters. The average molecular weight is 519 g/mol. The van der Waals surface area contributed by atoms with Crippen molar-refractivity contribution in [3.05, 3.63) is 64.7 Å². The molecule has 2 aromatic rings. The molecular formula is C24H27F6N3O3. The lowest BCUT2D eigenvalue weighted by Gasteiger charge is -2.39. The summed E-state index contributed by atoms with van der Waals surface area (Å²) in [7, 11) is 1.31. The molecule has 1 aliphatic rings. The van der Waals surface area contributed by atoms with Gasteiger partial charge >= 0.3 is 18.3 Å². The number of methoxy groups -OCH3 is 1. The highest BCUT2D eigenvalue weighted by Crippen LogP contribution is 2.36. The molecule has 0 saturated carbocycles. The molecule has 2 aromatic carbocycles. The van der Waals surface area contributed by atoms with Gasteiger partial charge in [-0.25, -0.2) is 0 Å². The van der Waals surface area contributed by atoms with Crippen molar-refractivity contribution in [1.29, 1.82) is 0 Å². The molecule has 1 saturated heterocycles. The van der Waals surface area contributed by atoms with Gasteiger partial charge in [0.1, 0.15) is 0 Å². The molecule has 0 bridgehead atoms. The van der Waals surface area contributed by atoms with E-state index in [1.54, 1.807) is 24.3 Å². The number of nitrogens with zero attached hydrogens (tertiary/aromatic N) is 2. The van der Waals surface area contributed by atoms with Crippen molar-refractivity contribution in [3.63, 3.8) is 0 Å². The minimum absolute atomic E-state index is 0.0111. The van der Waals surface area contributed by atoms with Crippen molar-refractivity contribution in [1.82, 2.24) is 9.80 Å². The van der Waals surface area contributed by atoms with Crippen LogP contribution in [0, 0.1) is 0 Å². The quantitative estimate of drug-likeness (QED) is 0.318. The topological polar surface area (TPSA) is 68.0 Å². The number of carbonyl (C=O) groups is 1. The largest absolute Gasteiger partial charge is 0.468 e. The van der Waals surface area contributed by atoms with Crippen LogP contribution in [0.2, 0.25) is 0 Å². The molecule has 0 radical (unpaired) electrons. The summed E-state index contributed by atoms with van der Waals surface area (Å²) in [6.45, 7) is 1.89. The van der Waals surface area contributed by atoms with Gasteiger partial charge in [0, 0.05) is 31.9 Å². The monoisotopic (exact) mass is 519 g/mol. The highest BCUT2D eigenvalue weighted by molar-refractivity contribution is 5.71. The van der Waals surface area contributed by atoms with Gasteiger partial charge in [-0.3, -0.25) is 14.6 Å². The number of halogens is 6. The number of alkyl halides is 6. The highest BCUT2D eigenvalue weighted by Gasteiger charge is 2.37. The number of nitrogens with two attached hydrogens (primary N) is 1. The Labute approximate surface area is 204 Å². The summed E-state index contributed by atoms with van der Waals surface area (Å²) >= 11 is 0. The maximum absolute atomic E-state index is 13.2. The van der Waals surface area contributed by atoms with E-state index in [9.17, 15) is 31.1 Å². The molecule has 36 heavy (non-hydrogen) atoms. The van der Waals surface area contributed by atoms with Gasteiger partial charge in [-0.15, -0.1) is 0 Å². The van der Waals surface area contributed by atoms with Gasteiger partial charge in [0.15, 0.2) is 0 Å². The average Bonchev–Trinajstić information content (AvgIpc) is 2.82. The predicted octanol–water partition coefficient (Wildman–Crippen LogP) is 4.35. The lowest BCUT2D eigenvalue weighted by Crippen LogP contribution is -2.49. The van der Waals surface area contributed by atoms with E-state index < -0.39 is 30.1 Å². The van der Waals surface area contributed by atoms with E-state index in [0.717, 1.165) is 5.56 Å². The Balaban J connectivity index is 1.75. The molecule has 0 aliphatic carbocycles. The number of ether oxygens (including phenoxy) is 2. The first-order valence-corrected chi connectivity index (χ1v) is 11.1. The molecule has 2 N–H and O–H groups in total. The molecule has 1 heterocycles. The van der Waals surface area contributed by atoms with Gasteiger partial charge < -0.3 is 15.2 Å². The van der Waals surface area contributed by atoms with Gasteiger partial charge in [-0.1, -0.05) is 18.2 Å². The van der Waals surface area contributed by atoms with Crippen LogP contribution in [-0.2, 0) is 33.2 Å². The molecule has 6 nitrogen and oxygen atoms in total. The fraction of sp³-hybridized carbons (Fsp3) is 0.458. The molecule has 12 heteroatoms. The van der Waals surface area contributed by atoms with E-state index in [-0.39, 0.29) is 36.8 Å². The van der Waals surface area contributed by atoms with Crippen molar-refractivity contribution < 1.29 is 40.6 Å². The summed E-state index contributed by atoms with van der Waals surface area (Å²) in [5.41, 5.74) is 4.37. The molecule has 1 aliphatic heterocycles. The maximum atomic E-state index is 13.2. The summed E-state index contributed by atoms with van der Waals surface area (Å²) < 4.78 is 89.4. The number of hydrogen-bond donors (Lipinski definition) is 1. The third kappa shape index (κ3) is 7.34. The van der Waals surface area contributed by atoms with E-state index in [0.29, 0.717) is 44.0 Å². The van der Waals surface area contributed by atoms with Crippen LogP contribution in [-0.4, -0.2) is 62.2 Å². The Morgan fingerprint density at radius 1 is 0.972 bits per heavy atom. The molecule has 0 spiro atoms. The number of benzene rings is 2. The number of nitrogen functional groups attached to an aromatic ring is 1. The first-order valence-electron chi connectivity index (χ1n) is 11.1. The van der Waals surface area contributed by atoms with E-state index >= 15 is 0 Å². The molecule has 1 unspecified atom stereocenters. The normalized spacial score (nSPS) is 16.6. The number of esters is 1. The van der Waals surface area contributed by atoms with Gasteiger partial charge in [0.05, 0.1) is 44.0 Å². The predicted molar refractivity (Wildman–Crippen MR) is 120 cm³/mol. The Kier molecular flexibility index (Phi) is 8.85. The van der Waals surface area contributed by atoms with E-state index in [4.69, 9.17) is 15.2 Å². The number of anilines is 1. The second-order valence-electron chi connectivity index (χ2n) is 8.46. The first-order chi connectivity index (χ1) is 16.9. The second-order valence-corrected chi connectivity index (χ2v) is 8.46. The van der Waals surface area contributed by atoms with Crippen molar-refractivity contribution >= 4 is 11.7 Å². The summed E-state index contributed by atoms with van der Waals surface area (Å²) in [6.07, 6.45) is -9.86. The van der Waals surface area contributed by atoms with Crippen LogP contribution in [0.3, 0.4) is 0 Å². The summed E-state index contributed by atoms with van der Waals surface area (Å²) in [5.74, 6) is -0.352. The fourth-order valence-electron chi connectivity index (χ4n) is 4.08. The van der Waals surface area contributed by atoms with Crippen molar-refractivity contribution in [3.8, 4) is 0 Å². The molecule has 0 aromatic heterocycles. The Morgan fingerprint density at radius 2 is 1.56 bits per heavy atom. The van der Waals surface area contributed by atoms with E-state index in [2.05, 4.69) is 4.90 Å². The Bertz CT molecular complexity index is 1000. The fourth-order valence-corrected chi connectivity index (χ4v) is 4.08. The Hall–Kier alpha value is -2.83. The summed E-state index contributed by atoms with van der Waals surface area (Å²) in [4.78, 5) is 15.5. The summed E-state index contributed by atoms with van der Waals surface area (Å²) in [6, 6.07) is 8.07. The summed E-state index contributed by atoms with van der Waals surface area (Å²) in [5, 5.41) is 0. The zero-order valence-corrected chi connectivity index (χ0v) is 19.5. The van der Waals surface area contributed by atoms with Crippen LogP contribution in [0.1, 0.15) is 28.3 Å². The van der Waals surface area contributed by atoms with Gasteiger partial charge in [0.2, 0.25) is 0 Å². The zero-order chi connectivity index (χ0) is 26.5. The molecular weight excluding hydrogens is 492 g/mol. The molecule has 0 amide bonds. The number of rotatable bonds is 8. The van der Waals surface area contributed by atoms with Crippen LogP contribution in [0.4, 0.5) is 32.0 Å². The first kappa shape index (κ1) is 27.8. The lowest BCUT2D eigenvalue weighted by atomic mass is 10.0. The third-order valence-electron chi connectivity index (χ3n) is 5.97. The van der Waals surface area contributed by atoms with Crippen LogP contribution in [0.15, 0.2) is 42.5 Å². The zero-order valence-electron chi connectivity index (χ0n) is 19.5. The van der Waals surface area contributed by atoms with Gasteiger partial charge in [-0.2, -0.15) is 26.3 Å². The number of hydrogen-bond acceptors (Lipinski definition) is 6. The minimum atomic E-state index is -4.93. The second kappa shape index (κ2) is 11.5. The number of piperazine rings is 1. The lowest BCUT2D eigenvalue weighted by molar-refractivity contribution is -0.144. The van der Waals surface area contributed by atoms with Crippen LogP contribution < -0.4 is 5.73 Å². The Morgan fingerprint density at radius 3 is 2.08 bits per heavy atom. The van der Waals surface area contributed by atoms with Crippen molar-refractivity contribution in [2.45, 2.75) is 25.0 Å². The maximum Gasteiger partial charge on any atom is 0.416 e. The van der Waals surface area contributed by atoms with Gasteiger partial charge in [-0.05, 0) is 35.4 Å². The van der Waals surface area contributed by atoms with Gasteiger partial charge in [0.25, 0.3) is 0 Å². The van der Waals surface area contributed by atoms with Crippen molar-refractivity contribution in [2.24, 2.45) is 0 Å². The van der Waals surface area contributed by atoms with E-state index in [1.165, 1.54) is 7.11 Å².